The zero-order valence-corrected chi connectivity index (χ0v) is 15.7. The van der Waals surface area contributed by atoms with Crippen molar-refractivity contribution in [2.75, 3.05) is 40.3 Å². The first-order chi connectivity index (χ1) is 12.6. The summed E-state index contributed by atoms with van der Waals surface area (Å²) in [6.07, 6.45) is 2.72. The SMILES string of the molecule is CNCCN1C(=O)CC[C@H]2CN(C(=O)Cc3ccccc3OC)CC[C@H]21. The monoisotopic (exact) mass is 359 g/mol. The molecule has 3 rings (SSSR count). The van der Waals surface area contributed by atoms with E-state index in [-0.39, 0.29) is 17.9 Å². The zero-order chi connectivity index (χ0) is 18.5. The van der Waals surface area contributed by atoms with Crippen LogP contribution in [-0.2, 0) is 16.0 Å². The molecule has 2 aliphatic rings. The van der Waals surface area contributed by atoms with Crippen LogP contribution in [0.4, 0.5) is 0 Å². The van der Waals surface area contributed by atoms with Gasteiger partial charge in [-0.05, 0) is 31.9 Å². The Bertz CT molecular complexity index is 649. The van der Waals surface area contributed by atoms with Gasteiger partial charge in [0.15, 0.2) is 0 Å². The van der Waals surface area contributed by atoms with Gasteiger partial charge in [-0.15, -0.1) is 0 Å². The molecule has 2 atom stereocenters. The topological polar surface area (TPSA) is 61.9 Å². The second-order valence-corrected chi connectivity index (χ2v) is 7.17. The predicted molar refractivity (Wildman–Crippen MR) is 100 cm³/mol. The fourth-order valence-electron chi connectivity index (χ4n) is 4.22. The Morgan fingerprint density at radius 3 is 2.88 bits per heavy atom. The Kier molecular flexibility index (Phi) is 6.14. The highest BCUT2D eigenvalue weighted by Crippen LogP contribution is 2.31. The first kappa shape index (κ1) is 18.7. The van der Waals surface area contributed by atoms with Crippen molar-refractivity contribution >= 4 is 11.8 Å². The molecule has 2 amide bonds. The minimum Gasteiger partial charge on any atom is -0.496 e. The van der Waals surface area contributed by atoms with Crippen molar-refractivity contribution in [2.45, 2.75) is 31.7 Å². The smallest absolute Gasteiger partial charge is 0.227 e. The van der Waals surface area contributed by atoms with Crippen molar-refractivity contribution in [3.05, 3.63) is 29.8 Å². The lowest BCUT2D eigenvalue weighted by atomic mass is 9.83. The Labute approximate surface area is 155 Å². The van der Waals surface area contributed by atoms with Crippen LogP contribution in [0, 0.1) is 5.92 Å². The molecule has 2 heterocycles. The lowest BCUT2D eigenvalue weighted by Crippen LogP contribution is -2.58. The number of benzene rings is 1. The molecule has 6 heteroatoms. The fourth-order valence-corrected chi connectivity index (χ4v) is 4.22. The molecule has 26 heavy (non-hydrogen) atoms. The lowest BCUT2D eigenvalue weighted by Gasteiger charge is -2.47. The van der Waals surface area contributed by atoms with Gasteiger partial charge >= 0.3 is 0 Å². The van der Waals surface area contributed by atoms with E-state index in [4.69, 9.17) is 4.74 Å². The largest absolute Gasteiger partial charge is 0.496 e. The maximum Gasteiger partial charge on any atom is 0.227 e. The molecule has 2 aliphatic heterocycles. The van der Waals surface area contributed by atoms with Crippen LogP contribution in [0.25, 0.3) is 0 Å². The first-order valence-corrected chi connectivity index (χ1v) is 9.47. The third-order valence-corrected chi connectivity index (χ3v) is 5.63. The number of likely N-dealkylation sites (tertiary alicyclic amines) is 2. The van der Waals surface area contributed by atoms with Gasteiger partial charge in [0.05, 0.1) is 13.5 Å². The van der Waals surface area contributed by atoms with Crippen molar-refractivity contribution in [3.8, 4) is 5.75 Å². The van der Waals surface area contributed by atoms with Crippen LogP contribution in [0.1, 0.15) is 24.8 Å². The maximum absolute atomic E-state index is 12.8. The summed E-state index contributed by atoms with van der Waals surface area (Å²) in [6.45, 7) is 3.04. The summed E-state index contributed by atoms with van der Waals surface area (Å²) in [7, 11) is 3.54. The number of fused-ring (bicyclic) bond motifs is 1. The highest BCUT2D eigenvalue weighted by molar-refractivity contribution is 5.80. The molecular formula is C20H29N3O3. The Morgan fingerprint density at radius 1 is 1.31 bits per heavy atom. The second-order valence-electron chi connectivity index (χ2n) is 7.17. The molecule has 6 nitrogen and oxygen atoms in total. The van der Waals surface area contributed by atoms with Gasteiger partial charge in [0, 0.05) is 44.2 Å². The number of methoxy groups -OCH3 is 1. The number of ether oxygens (including phenoxy) is 1. The van der Waals surface area contributed by atoms with Crippen molar-refractivity contribution in [2.24, 2.45) is 5.92 Å². The molecule has 142 valence electrons. The summed E-state index contributed by atoms with van der Waals surface area (Å²) in [6, 6.07) is 7.96. The van der Waals surface area contributed by atoms with E-state index in [0.29, 0.717) is 18.8 Å². The van der Waals surface area contributed by atoms with E-state index in [1.807, 2.05) is 41.1 Å². The van der Waals surface area contributed by atoms with Crippen LogP contribution in [0.2, 0.25) is 0 Å². The van der Waals surface area contributed by atoms with Gasteiger partial charge in [0.25, 0.3) is 0 Å². The highest BCUT2D eigenvalue weighted by Gasteiger charge is 2.39. The van der Waals surface area contributed by atoms with Gasteiger partial charge in [-0.3, -0.25) is 9.59 Å². The van der Waals surface area contributed by atoms with E-state index >= 15 is 0 Å². The normalized spacial score (nSPS) is 22.9. The molecule has 0 aliphatic carbocycles. The van der Waals surface area contributed by atoms with E-state index in [1.54, 1.807) is 7.11 Å². The number of carbonyl (C=O) groups excluding carboxylic acids is 2. The van der Waals surface area contributed by atoms with Gasteiger partial charge in [0.1, 0.15) is 5.75 Å². The molecule has 1 aromatic rings. The molecule has 2 fully saturated rings. The summed E-state index contributed by atoms with van der Waals surface area (Å²) < 4.78 is 5.36. The molecule has 0 unspecified atom stereocenters. The molecule has 0 radical (unpaired) electrons. The number of nitrogens with zero attached hydrogens (tertiary/aromatic N) is 2. The Morgan fingerprint density at radius 2 is 2.12 bits per heavy atom. The minimum atomic E-state index is 0.145. The molecule has 0 spiro atoms. The van der Waals surface area contributed by atoms with Gasteiger partial charge in [-0.1, -0.05) is 18.2 Å². The molecule has 1 N–H and O–H groups in total. The molecular weight excluding hydrogens is 330 g/mol. The van der Waals surface area contributed by atoms with Gasteiger partial charge in [-0.25, -0.2) is 0 Å². The number of amides is 2. The standard InChI is InChI=1S/C20H29N3O3/c1-21-10-12-23-17-9-11-22(14-16(17)7-8-19(23)24)20(25)13-15-5-3-4-6-18(15)26-2/h3-6,16-17,21H,7-14H2,1-2H3/t16-,17+/m0/s1. The van der Waals surface area contributed by atoms with Crippen molar-refractivity contribution in [3.63, 3.8) is 0 Å². The number of hydrogen-bond acceptors (Lipinski definition) is 4. The summed E-state index contributed by atoms with van der Waals surface area (Å²) >= 11 is 0. The Hall–Kier alpha value is -2.08. The summed E-state index contributed by atoms with van der Waals surface area (Å²) in [5.41, 5.74) is 0.927. The second kappa shape index (κ2) is 8.54. The van der Waals surface area contributed by atoms with Crippen molar-refractivity contribution < 1.29 is 14.3 Å². The van der Waals surface area contributed by atoms with Crippen LogP contribution in [-0.4, -0.2) is 68.0 Å². The number of nitrogens with one attached hydrogen (secondary N) is 1. The lowest BCUT2D eigenvalue weighted by molar-refractivity contribution is -0.143. The Balaban J connectivity index is 1.62. The van der Waals surface area contributed by atoms with Crippen LogP contribution < -0.4 is 10.1 Å². The number of piperidine rings is 2. The van der Waals surface area contributed by atoms with Crippen molar-refractivity contribution in [1.29, 1.82) is 0 Å². The molecule has 0 aromatic heterocycles. The number of likely N-dealkylation sites (N-methyl/N-ethyl adjacent to an activating group) is 1. The summed E-state index contributed by atoms with van der Waals surface area (Å²) in [5.74, 6) is 1.55. The number of rotatable bonds is 6. The zero-order valence-electron chi connectivity index (χ0n) is 15.7. The van der Waals surface area contributed by atoms with Gasteiger partial charge in [0.2, 0.25) is 11.8 Å². The molecule has 0 bridgehead atoms. The third kappa shape index (κ3) is 4.01. The fraction of sp³-hybridized carbons (Fsp3) is 0.600. The first-order valence-electron chi connectivity index (χ1n) is 9.47. The van der Waals surface area contributed by atoms with E-state index in [2.05, 4.69) is 5.32 Å². The highest BCUT2D eigenvalue weighted by atomic mass is 16.5. The summed E-state index contributed by atoms with van der Waals surface area (Å²) in [5, 5.41) is 3.13. The number of para-hydroxylation sites is 1. The molecule has 0 saturated carbocycles. The van der Waals surface area contributed by atoms with Gasteiger partial charge < -0.3 is 19.9 Å². The predicted octanol–water partition coefficient (Wildman–Crippen LogP) is 1.30. The van der Waals surface area contributed by atoms with Crippen LogP contribution >= 0.6 is 0 Å². The van der Waals surface area contributed by atoms with E-state index in [1.165, 1.54) is 0 Å². The maximum atomic E-state index is 12.8. The van der Waals surface area contributed by atoms with Crippen LogP contribution in [0.15, 0.2) is 24.3 Å². The number of hydrogen-bond donors (Lipinski definition) is 1. The average molecular weight is 359 g/mol. The van der Waals surface area contributed by atoms with Gasteiger partial charge in [-0.2, -0.15) is 0 Å². The van der Waals surface area contributed by atoms with Crippen LogP contribution in [0.5, 0.6) is 5.75 Å². The van der Waals surface area contributed by atoms with E-state index < -0.39 is 0 Å². The number of carbonyl (C=O) groups is 2. The third-order valence-electron chi connectivity index (χ3n) is 5.63. The minimum absolute atomic E-state index is 0.145. The summed E-state index contributed by atoms with van der Waals surface area (Å²) in [4.78, 5) is 29.1. The molecule has 2 saturated heterocycles. The van der Waals surface area contributed by atoms with E-state index in [9.17, 15) is 9.59 Å². The quantitative estimate of drug-likeness (QED) is 0.832. The van der Waals surface area contributed by atoms with E-state index in [0.717, 1.165) is 50.3 Å². The van der Waals surface area contributed by atoms with Crippen LogP contribution in [0.3, 0.4) is 0 Å². The molecule has 1 aromatic carbocycles. The van der Waals surface area contributed by atoms with Crippen molar-refractivity contribution in [1.82, 2.24) is 15.1 Å². The average Bonchev–Trinajstić information content (AvgIpc) is 2.67.